The summed E-state index contributed by atoms with van der Waals surface area (Å²) in [7, 11) is -1.01. The highest BCUT2D eigenvalue weighted by Gasteiger charge is 2.31. The minimum absolute atomic E-state index is 0.171. The van der Waals surface area contributed by atoms with E-state index in [4.69, 9.17) is 10.4 Å². The van der Waals surface area contributed by atoms with E-state index < -0.39 is 25.2 Å². The average Bonchev–Trinajstić information content (AvgIpc) is 3.34. The summed E-state index contributed by atoms with van der Waals surface area (Å²) in [5, 5.41) is 18.6. The Hall–Kier alpha value is -2.34. The van der Waals surface area contributed by atoms with E-state index in [0.29, 0.717) is 50.0 Å². The Morgan fingerprint density at radius 1 is 1.37 bits per heavy atom. The second kappa shape index (κ2) is 10.1. The summed E-state index contributed by atoms with van der Waals surface area (Å²) >= 11 is 0. The van der Waals surface area contributed by atoms with Crippen molar-refractivity contribution in [2.75, 3.05) is 13.1 Å². The maximum absolute atomic E-state index is 12.5. The molecule has 0 aliphatic carbocycles. The summed E-state index contributed by atoms with van der Waals surface area (Å²) in [5.41, 5.74) is 7.20. The van der Waals surface area contributed by atoms with Gasteiger partial charge < -0.3 is 31.4 Å². The summed E-state index contributed by atoms with van der Waals surface area (Å²) in [6.07, 6.45) is 1.82. The van der Waals surface area contributed by atoms with Crippen LogP contribution in [0.2, 0.25) is 0 Å². The molecule has 162 valence electrons. The van der Waals surface area contributed by atoms with E-state index in [9.17, 15) is 23.8 Å². The van der Waals surface area contributed by atoms with E-state index in [0.717, 1.165) is 5.56 Å². The molecule has 30 heavy (non-hydrogen) atoms. The maximum Gasteiger partial charge on any atom is 0.491 e. The number of benzene rings is 1. The zero-order valence-electron chi connectivity index (χ0n) is 16.5. The molecule has 0 spiro atoms. The van der Waals surface area contributed by atoms with E-state index in [1.165, 1.54) is 0 Å². The first-order valence-corrected chi connectivity index (χ1v) is 10.0. The van der Waals surface area contributed by atoms with Crippen molar-refractivity contribution < 1.29 is 28.5 Å². The quantitative estimate of drug-likeness (QED) is 0.185. The van der Waals surface area contributed by atoms with Gasteiger partial charge >= 0.3 is 13.2 Å². The van der Waals surface area contributed by atoms with E-state index in [-0.39, 0.29) is 24.3 Å². The Kier molecular flexibility index (Phi) is 7.54. The number of carbonyl (C=O) groups is 3. The Balaban J connectivity index is 1.39. The van der Waals surface area contributed by atoms with Gasteiger partial charge in [-0.25, -0.2) is 0 Å². The third kappa shape index (κ3) is 5.63. The van der Waals surface area contributed by atoms with Crippen LogP contribution < -0.4 is 27.1 Å². The molecule has 1 saturated heterocycles. The van der Waals surface area contributed by atoms with E-state index in [1.807, 2.05) is 0 Å². The van der Waals surface area contributed by atoms with Gasteiger partial charge in [-0.05, 0) is 48.8 Å². The Morgan fingerprint density at radius 3 is 2.93 bits per heavy atom. The number of carbonyl (C=O) groups excluding carboxylic acids is 3. The predicted molar refractivity (Wildman–Crippen MR) is 107 cm³/mol. The fraction of sp³-hybridized carbons (Fsp3) is 0.526. The molecule has 2 aliphatic heterocycles. The summed E-state index contributed by atoms with van der Waals surface area (Å²) in [6.45, 7) is 1.19. The highest BCUT2D eigenvalue weighted by atomic mass is 19.1. The topological polar surface area (TPSA) is 143 Å². The lowest BCUT2D eigenvalue weighted by Crippen LogP contribution is -2.40. The molecule has 1 aromatic carbocycles. The normalized spacial score (nSPS) is 21.2. The van der Waals surface area contributed by atoms with Crippen LogP contribution in [-0.4, -0.2) is 61.2 Å². The van der Waals surface area contributed by atoms with Crippen molar-refractivity contribution in [2.45, 2.75) is 50.4 Å². The van der Waals surface area contributed by atoms with Gasteiger partial charge in [0.25, 0.3) is 5.91 Å². The Labute approximate surface area is 174 Å². The lowest BCUT2D eigenvalue weighted by atomic mass is 9.79. The van der Waals surface area contributed by atoms with Crippen LogP contribution in [0.3, 0.4) is 0 Å². The number of rotatable bonds is 9. The number of hydrogen-bond acceptors (Lipinski definition) is 7. The number of halogens is 1. The lowest BCUT2D eigenvalue weighted by Gasteiger charge is -2.13. The summed E-state index contributed by atoms with van der Waals surface area (Å²) in [4.78, 5) is 35.2. The van der Waals surface area contributed by atoms with Crippen molar-refractivity contribution in [1.82, 2.24) is 16.0 Å². The van der Waals surface area contributed by atoms with E-state index in [1.54, 1.807) is 18.2 Å². The fourth-order valence-corrected chi connectivity index (χ4v) is 3.61. The molecule has 0 aromatic heterocycles. The molecular formula is C19H26BFN4O5. The summed E-state index contributed by atoms with van der Waals surface area (Å²) in [5.74, 6) is -0.445. The smallest absolute Gasteiger partial charge is 0.423 e. The van der Waals surface area contributed by atoms with Crippen LogP contribution in [-0.2, 0) is 20.9 Å². The molecule has 2 heterocycles. The number of unbranched alkanes of at least 4 members (excludes halogenated alkanes) is 1. The monoisotopic (exact) mass is 420 g/mol. The molecule has 1 unspecified atom stereocenters. The molecule has 9 nitrogen and oxygen atoms in total. The molecule has 0 radical (unpaired) electrons. The molecule has 11 heteroatoms. The van der Waals surface area contributed by atoms with Crippen molar-refractivity contribution in [3.05, 3.63) is 29.3 Å². The zero-order chi connectivity index (χ0) is 21.7. The maximum atomic E-state index is 12.5. The van der Waals surface area contributed by atoms with Crippen molar-refractivity contribution in [3.63, 3.8) is 0 Å². The van der Waals surface area contributed by atoms with Gasteiger partial charge in [0.05, 0.1) is 18.7 Å². The van der Waals surface area contributed by atoms with Crippen LogP contribution in [0, 0.1) is 0 Å². The third-order valence-corrected chi connectivity index (χ3v) is 5.39. The zero-order valence-corrected chi connectivity index (χ0v) is 16.5. The first-order valence-electron chi connectivity index (χ1n) is 10.0. The van der Waals surface area contributed by atoms with Gasteiger partial charge in [-0.1, -0.05) is 6.07 Å². The Bertz CT molecular complexity index is 811. The van der Waals surface area contributed by atoms with Gasteiger partial charge in [-0.3, -0.25) is 14.4 Å². The average molecular weight is 420 g/mol. The van der Waals surface area contributed by atoms with Gasteiger partial charge in [0, 0.05) is 24.7 Å². The minimum Gasteiger partial charge on any atom is -0.423 e. The van der Waals surface area contributed by atoms with Crippen molar-refractivity contribution in [3.8, 4) is 0 Å². The third-order valence-electron chi connectivity index (χ3n) is 5.39. The molecule has 3 atom stereocenters. The van der Waals surface area contributed by atoms with Crippen molar-refractivity contribution in [1.29, 1.82) is 0 Å². The van der Waals surface area contributed by atoms with Gasteiger partial charge in [-0.2, -0.15) is 4.39 Å². The second-order valence-electron chi connectivity index (χ2n) is 7.64. The Morgan fingerprint density at radius 2 is 2.17 bits per heavy atom. The minimum atomic E-state index is -1.52. The first kappa shape index (κ1) is 22.4. The number of nitrogens with two attached hydrogens (primary N) is 1. The summed E-state index contributed by atoms with van der Waals surface area (Å²) < 4.78 is 17.5. The SMILES string of the molecule is N[C@@H](CCCCNC(=O)C1C[C@H](NC(=O)c2ccc3c(c2)B(O)OC3)CN1)C(=O)F. The van der Waals surface area contributed by atoms with Crippen LogP contribution in [0.4, 0.5) is 4.39 Å². The van der Waals surface area contributed by atoms with Gasteiger partial charge in [-0.15, -0.1) is 0 Å². The molecule has 2 aliphatic rings. The lowest BCUT2D eigenvalue weighted by molar-refractivity contribution is -0.130. The second-order valence-corrected chi connectivity index (χ2v) is 7.64. The van der Waals surface area contributed by atoms with Crippen molar-refractivity contribution >= 4 is 30.4 Å². The molecule has 2 amide bonds. The van der Waals surface area contributed by atoms with Crippen LogP contribution >= 0.6 is 0 Å². The predicted octanol–water partition coefficient (Wildman–Crippen LogP) is -1.53. The van der Waals surface area contributed by atoms with Crippen LogP contribution in [0.1, 0.15) is 41.6 Å². The summed E-state index contributed by atoms with van der Waals surface area (Å²) in [6, 6.07) is 1.84. The van der Waals surface area contributed by atoms with Gasteiger partial charge in [0.2, 0.25) is 5.91 Å². The van der Waals surface area contributed by atoms with Crippen LogP contribution in [0.15, 0.2) is 18.2 Å². The molecule has 0 saturated carbocycles. The van der Waals surface area contributed by atoms with Crippen molar-refractivity contribution in [2.24, 2.45) is 5.73 Å². The van der Waals surface area contributed by atoms with Crippen LogP contribution in [0.5, 0.6) is 0 Å². The van der Waals surface area contributed by atoms with Gasteiger partial charge in [0.1, 0.15) is 0 Å². The molecule has 6 N–H and O–H groups in total. The highest BCUT2D eigenvalue weighted by Crippen LogP contribution is 2.13. The van der Waals surface area contributed by atoms with Crippen LogP contribution in [0.25, 0.3) is 0 Å². The molecular weight excluding hydrogens is 394 g/mol. The number of amides is 2. The van der Waals surface area contributed by atoms with E-state index in [2.05, 4.69) is 16.0 Å². The number of nitrogens with one attached hydrogen (secondary N) is 3. The molecule has 3 rings (SSSR count). The van der Waals surface area contributed by atoms with Gasteiger partial charge in [0.15, 0.2) is 0 Å². The van der Waals surface area contributed by atoms with E-state index >= 15 is 0 Å². The highest BCUT2D eigenvalue weighted by molar-refractivity contribution is 6.61. The first-order chi connectivity index (χ1) is 14.3. The fourth-order valence-electron chi connectivity index (χ4n) is 3.61. The largest absolute Gasteiger partial charge is 0.491 e. The standard InChI is InChI=1S/C19H26BFN4O5/c21-17(26)15(22)3-1-2-6-23-19(28)16-8-13(9-24-16)25-18(27)11-4-5-12-10-30-20(29)14(12)7-11/h4-5,7,13,15-16,24,29H,1-3,6,8-10,22H2,(H,23,28)(H,25,27)/t13-,15-,16?/m0/s1. The molecule has 0 bridgehead atoms. The molecule has 1 aromatic rings. The number of hydrogen-bond donors (Lipinski definition) is 5. The number of fused-ring (bicyclic) bond motifs is 1. The molecule has 1 fully saturated rings.